The molecule has 0 radical (unpaired) electrons. The minimum Gasteiger partial charge on any atom is -0.382 e. The van der Waals surface area contributed by atoms with Gasteiger partial charge in [0.05, 0.1) is 12.3 Å². The van der Waals surface area contributed by atoms with Crippen molar-refractivity contribution in [2.45, 2.75) is 32.0 Å². The van der Waals surface area contributed by atoms with E-state index in [0.29, 0.717) is 32.1 Å². The van der Waals surface area contributed by atoms with Crippen LogP contribution >= 0.6 is 11.8 Å². The van der Waals surface area contributed by atoms with Crippen molar-refractivity contribution in [1.82, 2.24) is 20.1 Å². The summed E-state index contributed by atoms with van der Waals surface area (Å²) < 4.78 is 7.27. The Morgan fingerprint density at radius 3 is 2.83 bits per heavy atom. The number of benzene rings is 1. The number of carbonyl (C=O) groups is 1. The lowest BCUT2D eigenvalue weighted by atomic mass is 10.2. The first kappa shape index (κ1) is 18.5. The fourth-order valence-corrected chi connectivity index (χ4v) is 2.96. The molecule has 0 aliphatic rings. The summed E-state index contributed by atoms with van der Waals surface area (Å²) in [6.45, 7) is 6.61. The largest absolute Gasteiger partial charge is 0.382 e. The van der Waals surface area contributed by atoms with Crippen molar-refractivity contribution in [1.29, 1.82) is 0 Å². The van der Waals surface area contributed by atoms with Gasteiger partial charge in [-0.15, -0.1) is 10.2 Å². The van der Waals surface area contributed by atoms with Gasteiger partial charge in [-0.1, -0.05) is 42.1 Å². The fourth-order valence-electron chi connectivity index (χ4n) is 2.14. The second kappa shape index (κ2) is 10.1. The maximum atomic E-state index is 11.9. The van der Waals surface area contributed by atoms with Gasteiger partial charge < -0.3 is 14.6 Å². The van der Waals surface area contributed by atoms with Crippen LogP contribution in [0, 0.1) is 6.92 Å². The fraction of sp³-hybridized carbons (Fsp3) is 0.471. The monoisotopic (exact) mass is 348 g/mol. The van der Waals surface area contributed by atoms with Crippen molar-refractivity contribution >= 4 is 17.7 Å². The Labute approximate surface area is 147 Å². The molecule has 0 bridgehead atoms. The molecular formula is C17H24N4O2S. The van der Waals surface area contributed by atoms with Crippen LogP contribution in [0.2, 0.25) is 0 Å². The average Bonchev–Trinajstić information content (AvgIpc) is 2.94. The van der Waals surface area contributed by atoms with E-state index in [-0.39, 0.29) is 5.91 Å². The van der Waals surface area contributed by atoms with Gasteiger partial charge in [-0.25, -0.2) is 0 Å². The molecule has 0 unspecified atom stereocenters. The first-order chi connectivity index (χ1) is 11.7. The maximum absolute atomic E-state index is 11.9. The molecule has 2 rings (SSSR count). The molecule has 0 saturated carbocycles. The van der Waals surface area contributed by atoms with Crippen molar-refractivity contribution in [3.05, 3.63) is 41.7 Å². The molecule has 0 saturated heterocycles. The van der Waals surface area contributed by atoms with E-state index in [1.807, 2.05) is 36.6 Å². The van der Waals surface area contributed by atoms with E-state index < -0.39 is 0 Å². The summed E-state index contributed by atoms with van der Waals surface area (Å²) in [4.78, 5) is 11.9. The molecule has 0 atom stereocenters. The zero-order valence-electron chi connectivity index (χ0n) is 14.2. The van der Waals surface area contributed by atoms with Gasteiger partial charge in [0.15, 0.2) is 5.16 Å². The number of ether oxygens (including phenoxy) is 1. The number of aryl methyl sites for hydroxylation is 1. The maximum Gasteiger partial charge on any atom is 0.230 e. The number of hydrogen-bond acceptors (Lipinski definition) is 5. The van der Waals surface area contributed by atoms with Crippen LogP contribution in [0.1, 0.15) is 24.7 Å². The number of amides is 1. The van der Waals surface area contributed by atoms with Gasteiger partial charge in [-0.05, 0) is 25.8 Å². The predicted molar refractivity (Wildman–Crippen MR) is 95.1 cm³/mol. The van der Waals surface area contributed by atoms with Crippen LogP contribution in [0.15, 0.2) is 35.5 Å². The molecule has 1 aromatic heterocycles. The molecule has 24 heavy (non-hydrogen) atoms. The molecule has 0 aliphatic carbocycles. The summed E-state index contributed by atoms with van der Waals surface area (Å²) in [7, 11) is 0. The number of carbonyl (C=O) groups excluding carboxylic acids is 1. The molecule has 2 aromatic rings. The molecule has 1 heterocycles. The van der Waals surface area contributed by atoms with E-state index in [0.717, 1.165) is 17.4 Å². The number of aromatic nitrogens is 3. The van der Waals surface area contributed by atoms with Crippen molar-refractivity contribution in [3.8, 4) is 0 Å². The van der Waals surface area contributed by atoms with Crippen LogP contribution in [0.4, 0.5) is 0 Å². The zero-order valence-corrected chi connectivity index (χ0v) is 15.0. The number of nitrogens with one attached hydrogen (secondary N) is 1. The third kappa shape index (κ3) is 5.98. The van der Waals surface area contributed by atoms with E-state index in [1.54, 1.807) is 0 Å². The Hall–Kier alpha value is -1.86. The van der Waals surface area contributed by atoms with Crippen LogP contribution in [-0.4, -0.2) is 46.2 Å². The first-order valence-corrected chi connectivity index (χ1v) is 9.10. The van der Waals surface area contributed by atoms with Gasteiger partial charge in [-0.3, -0.25) is 4.79 Å². The topological polar surface area (TPSA) is 69.0 Å². The van der Waals surface area contributed by atoms with Crippen LogP contribution in [0.3, 0.4) is 0 Å². The molecule has 1 aromatic carbocycles. The van der Waals surface area contributed by atoms with Crippen molar-refractivity contribution in [3.63, 3.8) is 0 Å². The summed E-state index contributed by atoms with van der Waals surface area (Å²) >= 11 is 1.41. The molecule has 0 fully saturated rings. The summed E-state index contributed by atoms with van der Waals surface area (Å²) in [5, 5.41) is 12.0. The standard InChI is InChI=1S/C17H24N4O2S/c1-3-23-11-7-10-18-16(22)13-24-17-20-19-14(2)21(17)12-15-8-5-4-6-9-15/h4-6,8-9H,3,7,10-13H2,1-2H3,(H,18,22). The van der Waals surface area contributed by atoms with Crippen molar-refractivity contribution < 1.29 is 9.53 Å². The minimum atomic E-state index is 0.00316. The highest BCUT2D eigenvalue weighted by atomic mass is 32.2. The molecule has 130 valence electrons. The first-order valence-electron chi connectivity index (χ1n) is 8.11. The average molecular weight is 348 g/mol. The van der Waals surface area contributed by atoms with E-state index in [4.69, 9.17) is 4.74 Å². The smallest absolute Gasteiger partial charge is 0.230 e. The van der Waals surface area contributed by atoms with Crippen LogP contribution in [0.5, 0.6) is 0 Å². The van der Waals surface area contributed by atoms with Gasteiger partial charge >= 0.3 is 0 Å². The van der Waals surface area contributed by atoms with Gasteiger partial charge in [-0.2, -0.15) is 0 Å². The summed E-state index contributed by atoms with van der Waals surface area (Å²) in [6, 6.07) is 10.2. The van der Waals surface area contributed by atoms with Gasteiger partial charge in [0.2, 0.25) is 5.91 Å². The number of thioether (sulfide) groups is 1. The number of nitrogens with zero attached hydrogens (tertiary/aromatic N) is 3. The number of hydrogen-bond donors (Lipinski definition) is 1. The summed E-state index contributed by atoms with van der Waals surface area (Å²) in [5.41, 5.74) is 1.18. The Bertz CT molecular complexity index is 631. The molecule has 6 nitrogen and oxygen atoms in total. The highest BCUT2D eigenvalue weighted by Gasteiger charge is 2.12. The highest BCUT2D eigenvalue weighted by Crippen LogP contribution is 2.18. The molecule has 1 N–H and O–H groups in total. The van der Waals surface area contributed by atoms with Crippen molar-refractivity contribution in [2.24, 2.45) is 0 Å². The highest BCUT2D eigenvalue weighted by molar-refractivity contribution is 7.99. The van der Waals surface area contributed by atoms with Crippen LogP contribution < -0.4 is 5.32 Å². The third-order valence-electron chi connectivity index (χ3n) is 3.41. The van der Waals surface area contributed by atoms with Gasteiger partial charge in [0, 0.05) is 19.8 Å². The SMILES string of the molecule is CCOCCCNC(=O)CSc1nnc(C)n1Cc1ccccc1. The Morgan fingerprint density at radius 2 is 2.08 bits per heavy atom. The summed E-state index contributed by atoms with van der Waals surface area (Å²) in [6.07, 6.45) is 0.827. The van der Waals surface area contributed by atoms with Crippen LogP contribution in [-0.2, 0) is 16.1 Å². The van der Waals surface area contributed by atoms with Gasteiger partial charge in [0.1, 0.15) is 5.82 Å². The third-order valence-corrected chi connectivity index (χ3v) is 4.38. The minimum absolute atomic E-state index is 0.00316. The number of rotatable bonds is 10. The molecule has 0 spiro atoms. The quantitative estimate of drug-likeness (QED) is 0.527. The lowest BCUT2D eigenvalue weighted by Gasteiger charge is -2.09. The Kier molecular flexibility index (Phi) is 7.77. The van der Waals surface area contributed by atoms with E-state index in [9.17, 15) is 4.79 Å². The lowest BCUT2D eigenvalue weighted by molar-refractivity contribution is -0.118. The lowest BCUT2D eigenvalue weighted by Crippen LogP contribution is -2.27. The molecular weight excluding hydrogens is 324 g/mol. The summed E-state index contributed by atoms with van der Waals surface area (Å²) in [5.74, 6) is 1.18. The normalized spacial score (nSPS) is 10.8. The van der Waals surface area contributed by atoms with E-state index in [2.05, 4.69) is 27.6 Å². The second-order valence-electron chi connectivity index (χ2n) is 5.29. The molecule has 0 aliphatic heterocycles. The van der Waals surface area contributed by atoms with Crippen molar-refractivity contribution in [2.75, 3.05) is 25.5 Å². The van der Waals surface area contributed by atoms with E-state index in [1.165, 1.54) is 17.3 Å². The second-order valence-corrected chi connectivity index (χ2v) is 6.23. The Morgan fingerprint density at radius 1 is 1.29 bits per heavy atom. The van der Waals surface area contributed by atoms with Crippen LogP contribution in [0.25, 0.3) is 0 Å². The Balaban J connectivity index is 1.81. The molecule has 7 heteroatoms. The van der Waals surface area contributed by atoms with E-state index >= 15 is 0 Å². The molecule has 1 amide bonds. The predicted octanol–water partition coefficient (Wildman–Crippen LogP) is 2.27. The zero-order chi connectivity index (χ0) is 17.2. The van der Waals surface area contributed by atoms with Gasteiger partial charge in [0.25, 0.3) is 0 Å².